The van der Waals surface area contributed by atoms with Crippen LogP contribution in [0.15, 0.2) is 78.9 Å². The fourth-order valence-corrected chi connectivity index (χ4v) is 4.77. The van der Waals surface area contributed by atoms with Gasteiger partial charge in [0, 0.05) is 12.1 Å². The summed E-state index contributed by atoms with van der Waals surface area (Å²) in [5.74, 6) is 0.397. The molecule has 172 valence electrons. The standard InChI is InChI=1S/C28H28N4O2/c1-18(2)25(32-17-20-12-6-7-13-21(20)28(32)34)27(33)31-24(16-19-10-4-3-5-11-19)26-29-22-14-8-9-15-23(22)30-26/h3-15,18,24-25H,16-17H2,1-2H3,(H,29,30)(H,31,33)/t24-,25-/m0/s1. The van der Waals surface area contributed by atoms with Crippen molar-refractivity contribution in [2.45, 2.75) is 38.9 Å². The van der Waals surface area contributed by atoms with Crippen LogP contribution in [-0.4, -0.2) is 32.7 Å². The number of hydrogen-bond donors (Lipinski definition) is 2. The summed E-state index contributed by atoms with van der Waals surface area (Å²) >= 11 is 0. The van der Waals surface area contributed by atoms with E-state index >= 15 is 0 Å². The van der Waals surface area contributed by atoms with Crippen molar-refractivity contribution in [3.05, 3.63) is 101 Å². The maximum atomic E-state index is 13.7. The Hall–Kier alpha value is -3.93. The lowest BCUT2D eigenvalue weighted by molar-refractivity contribution is -0.128. The van der Waals surface area contributed by atoms with E-state index in [0.717, 1.165) is 22.2 Å². The zero-order chi connectivity index (χ0) is 23.7. The van der Waals surface area contributed by atoms with Crippen molar-refractivity contribution in [2.24, 2.45) is 5.92 Å². The number of rotatable bonds is 7. The van der Waals surface area contributed by atoms with E-state index in [0.29, 0.717) is 24.4 Å². The Bertz CT molecular complexity index is 1300. The number of para-hydroxylation sites is 2. The number of hydrogen-bond acceptors (Lipinski definition) is 3. The van der Waals surface area contributed by atoms with Gasteiger partial charge >= 0.3 is 0 Å². The monoisotopic (exact) mass is 452 g/mol. The van der Waals surface area contributed by atoms with Crippen LogP contribution >= 0.6 is 0 Å². The summed E-state index contributed by atoms with van der Waals surface area (Å²) in [6.45, 7) is 4.40. The number of fused-ring (bicyclic) bond motifs is 2. The third-order valence-corrected chi connectivity index (χ3v) is 6.42. The van der Waals surface area contributed by atoms with E-state index in [2.05, 4.69) is 10.3 Å². The van der Waals surface area contributed by atoms with Gasteiger partial charge in [-0.1, -0.05) is 74.5 Å². The summed E-state index contributed by atoms with van der Waals surface area (Å²) in [6.07, 6.45) is 0.589. The molecule has 0 bridgehead atoms. The number of aromatic nitrogens is 2. The Morgan fingerprint density at radius 1 is 1.00 bits per heavy atom. The molecule has 5 rings (SSSR count). The molecular formula is C28H28N4O2. The Kier molecular flexibility index (Phi) is 5.88. The fraction of sp³-hybridized carbons (Fsp3) is 0.250. The average Bonchev–Trinajstić information content (AvgIpc) is 3.41. The lowest BCUT2D eigenvalue weighted by atomic mass is 9.99. The Morgan fingerprint density at radius 3 is 2.44 bits per heavy atom. The molecule has 1 aromatic heterocycles. The fourth-order valence-electron chi connectivity index (χ4n) is 4.77. The van der Waals surface area contributed by atoms with Crippen LogP contribution < -0.4 is 5.32 Å². The average molecular weight is 453 g/mol. The van der Waals surface area contributed by atoms with Crippen LogP contribution in [0.4, 0.5) is 0 Å². The molecule has 3 aromatic carbocycles. The van der Waals surface area contributed by atoms with Crippen molar-refractivity contribution < 1.29 is 9.59 Å². The molecule has 6 heteroatoms. The molecule has 1 aliphatic heterocycles. The molecular weight excluding hydrogens is 424 g/mol. The van der Waals surface area contributed by atoms with Crippen molar-refractivity contribution in [3.63, 3.8) is 0 Å². The lowest BCUT2D eigenvalue weighted by Crippen LogP contribution is -2.51. The van der Waals surface area contributed by atoms with Crippen LogP contribution in [0, 0.1) is 5.92 Å². The van der Waals surface area contributed by atoms with E-state index in [9.17, 15) is 9.59 Å². The molecule has 34 heavy (non-hydrogen) atoms. The molecule has 2 N–H and O–H groups in total. The molecule has 6 nitrogen and oxygen atoms in total. The third kappa shape index (κ3) is 4.19. The highest BCUT2D eigenvalue weighted by Crippen LogP contribution is 2.28. The topological polar surface area (TPSA) is 78.1 Å². The van der Waals surface area contributed by atoms with E-state index in [1.807, 2.05) is 92.7 Å². The number of nitrogens with zero attached hydrogens (tertiary/aromatic N) is 2. The number of nitrogens with one attached hydrogen (secondary N) is 2. The lowest BCUT2D eigenvalue weighted by Gasteiger charge is -2.31. The van der Waals surface area contributed by atoms with Crippen LogP contribution in [0.2, 0.25) is 0 Å². The molecule has 0 radical (unpaired) electrons. The van der Waals surface area contributed by atoms with Crippen molar-refractivity contribution >= 4 is 22.8 Å². The minimum Gasteiger partial charge on any atom is -0.344 e. The third-order valence-electron chi connectivity index (χ3n) is 6.42. The predicted molar refractivity (Wildman–Crippen MR) is 132 cm³/mol. The van der Waals surface area contributed by atoms with Crippen molar-refractivity contribution in [1.82, 2.24) is 20.2 Å². The zero-order valence-electron chi connectivity index (χ0n) is 19.4. The summed E-state index contributed by atoms with van der Waals surface area (Å²) in [6, 6.07) is 24.5. The van der Waals surface area contributed by atoms with Gasteiger partial charge in [0.15, 0.2) is 0 Å². The summed E-state index contributed by atoms with van der Waals surface area (Å²) in [4.78, 5) is 36.7. The van der Waals surface area contributed by atoms with Gasteiger partial charge in [0.1, 0.15) is 11.9 Å². The number of H-pyrrole nitrogens is 1. The first kappa shape index (κ1) is 21.9. The molecule has 0 fully saturated rings. The molecule has 0 spiro atoms. The number of carbonyl (C=O) groups excluding carboxylic acids is 2. The van der Waals surface area contributed by atoms with Gasteiger partial charge in [-0.05, 0) is 41.7 Å². The van der Waals surface area contributed by atoms with E-state index in [4.69, 9.17) is 4.98 Å². The summed E-state index contributed by atoms with van der Waals surface area (Å²) in [7, 11) is 0. The minimum absolute atomic E-state index is 0.0497. The zero-order valence-corrected chi connectivity index (χ0v) is 19.4. The van der Waals surface area contributed by atoms with Gasteiger partial charge < -0.3 is 15.2 Å². The number of aromatic amines is 1. The number of imidazole rings is 1. The largest absolute Gasteiger partial charge is 0.344 e. The van der Waals surface area contributed by atoms with Crippen LogP contribution in [0.3, 0.4) is 0 Å². The van der Waals surface area contributed by atoms with Crippen molar-refractivity contribution in [2.75, 3.05) is 0 Å². The van der Waals surface area contributed by atoms with Crippen LogP contribution in [0.1, 0.15) is 47.2 Å². The van der Waals surface area contributed by atoms with Gasteiger partial charge in [0.05, 0.1) is 17.1 Å². The van der Waals surface area contributed by atoms with Crippen LogP contribution in [0.25, 0.3) is 11.0 Å². The van der Waals surface area contributed by atoms with Gasteiger partial charge in [-0.15, -0.1) is 0 Å². The molecule has 0 unspecified atom stereocenters. The maximum absolute atomic E-state index is 13.7. The molecule has 4 aromatic rings. The first-order chi connectivity index (χ1) is 16.5. The maximum Gasteiger partial charge on any atom is 0.255 e. The molecule has 0 aliphatic carbocycles. The normalized spacial score (nSPS) is 14.9. The predicted octanol–water partition coefficient (Wildman–Crippen LogP) is 4.64. The van der Waals surface area contributed by atoms with Gasteiger partial charge in [0.2, 0.25) is 5.91 Å². The Balaban J connectivity index is 1.44. The second-order valence-corrected chi connectivity index (χ2v) is 9.17. The summed E-state index contributed by atoms with van der Waals surface area (Å²) in [5, 5.41) is 3.22. The smallest absolute Gasteiger partial charge is 0.255 e. The van der Waals surface area contributed by atoms with E-state index in [-0.39, 0.29) is 23.8 Å². The first-order valence-electron chi connectivity index (χ1n) is 11.7. The molecule has 1 aliphatic rings. The molecule has 2 atom stereocenters. The van der Waals surface area contributed by atoms with Gasteiger partial charge in [-0.25, -0.2) is 4.98 Å². The Labute approximate surface area is 199 Å². The number of carbonyl (C=O) groups is 2. The molecule has 0 saturated carbocycles. The van der Waals surface area contributed by atoms with E-state index < -0.39 is 6.04 Å². The highest BCUT2D eigenvalue weighted by molar-refractivity contribution is 6.01. The van der Waals surface area contributed by atoms with Crippen LogP contribution in [-0.2, 0) is 17.8 Å². The SMILES string of the molecule is CC(C)[C@@H](C(=O)N[C@@H](Cc1ccccc1)c1nc2ccccc2[nH]1)N1Cc2ccccc2C1=O. The first-order valence-corrected chi connectivity index (χ1v) is 11.7. The van der Waals surface area contributed by atoms with Gasteiger partial charge in [-0.2, -0.15) is 0 Å². The molecule has 2 heterocycles. The van der Waals surface area contributed by atoms with E-state index in [1.165, 1.54) is 0 Å². The number of amides is 2. The quantitative estimate of drug-likeness (QED) is 0.429. The van der Waals surface area contributed by atoms with E-state index in [1.54, 1.807) is 4.90 Å². The van der Waals surface area contributed by atoms with Crippen molar-refractivity contribution in [3.8, 4) is 0 Å². The second-order valence-electron chi connectivity index (χ2n) is 9.17. The molecule has 2 amide bonds. The highest BCUT2D eigenvalue weighted by Gasteiger charge is 2.38. The Morgan fingerprint density at radius 2 is 1.71 bits per heavy atom. The number of benzene rings is 3. The highest BCUT2D eigenvalue weighted by atomic mass is 16.2. The summed E-state index contributed by atoms with van der Waals surface area (Å²) < 4.78 is 0. The molecule has 0 saturated heterocycles. The minimum atomic E-state index is -0.581. The van der Waals surface area contributed by atoms with Gasteiger partial charge in [0.25, 0.3) is 5.91 Å². The summed E-state index contributed by atoms with van der Waals surface area (Å²) in [5.41, 5.74) is 4.52. The second kappa shape index (κ2) is 9.14. The van der Waals surface area contributed by atoms with Crippen LogP contribution in [0.5, 0.6) is 0 Å². The van der Waals surface area contributed by atoms with Gasteiger partial charge in [-0.3, -0.25) is 9.59 Å². The van der Waals surface area contributed by atoms with Crippen molar-refractivity contribution in [1.29, 1.82) is 0 Å².